The zero-order valence-electron chi connectivity index (χ0n) is 9.94. The summed E-state index contributed by atoms with van der Waals surface area (Å²) in [6, 6.07) is 1.18. The van der Waals surface area contributed by atoms with Gasteiger partial charge in [-0.05, 0) is 6.42 Å². The lowest BCUT2D eigenvalue weighted by Gasteiger charge is -2.16. The molecule has 0 aliphatic heterocycles. The molecule has 1 aromatic heterocycles. The van der Waals surface area contributed by atoms with E-state index in [0.717, 1.165) is 12.8 Å². The van der Waals surface area contributed by atoms with Gasteiger partial charge in [-0.3, -0.25) is 0 Å². The average molecular weight is 258 g/mol. The van der Waals surface area contributed by atoms with Crippen LogP contribution in [0.15, 0.2) is 12.4 Å². The second kappa shape index (κ2) is 7.06. The van der Waals surface area contributed by atoms with Crippen LogP contribution in [0.1, 0.15) is 26.2 Å². The van der Waals surface area contributed by atoms with Crippen molar-refractivity contribution in [1.82, 2.24) is 9.97 Å². The molecule has 1 atom stereocenters. The minimum absolute atomic E-state index is 0.298. The summed E-state index contributed by atoms with van der Waals surface area (Å²) in [5.41, 5.74) is 0. The van der Waals surface area contributed by atoms with Crippen LogP contribution in [0, 0.1) is 0 Å². The third kappa shape index (κ3) is 4.56. The van der Waals surface area contributed by atoms with Crippen LogP contribution in [-0.2, 0) is 9.53 Å². The van der Waals surface area contributed by atoms with E-state index >= 15 is 0 Å². The van der Waals surface area contributed by atoms with Gasteiger partial charge in [-0.25, -0.2) is 14.8 Å². The van der Waals surface area contributed by atoms with Gasteiger partial charge >= 0.3 is 5.97 Å². The van der Waals surface area contributed by atoms with Crippen molar-refractivity contribution in [1.29, 1.82) is 0 Å². The molecule has 94 valence electrons. The number of rotatable bonds is 6. The maximum absolute atomic E-state index is 11.5. The minimum Gasteiger partial charge on any atom is -0.467 e. The fourth-order valence-corrected chi connectivity index (χ4v) is 1.54. The van der Waals surface area contributed by atoms with Crippen molar-refractivity contribution in [3.05, 3.63) is 17.5 Å². The largest absolute Gasteiger partial charge is 0.467 e. The lowest BCUT2D eigenvalue weighted by atomic mass is 10.1. The number of nitrogens with zero attached hydrogens (tertiary/aromatic N) is 2. The molecule has 0 aliphatic carbocycles. The fourth-order valence-electron chi connectivity index (χ4n) is 1.39. The molecule has 5 nitrogen and oxygen atoms in total. The highest BCUT2D eigenvalue weighted by Crippen LogP contribution is 2.13. The lowest BCUT2D eigenvalue weighted by Crippen LogP contribution is -2.31. The molecule has 1 heterocycles. The van der Waals surface area contributed by atoms with E-state index in [9.17, 15) is 4.79 Å². The van der Waals surface area contributed by atoms with E-state index in [2.05, 4.69) is 22.2 Å². The maximum Gasteiger partial charge on any atom is 0.328 e. The van der Waals surface area contributed by atoms with Gasteiger partial charge in [0.2, 0.25) is 0 Å². The Bertz CT molecular complexity index is 373. The van der Waals surface area contributed by atoms with E-state index in [1.54, 1.807) is 6.07 Å². The van der Waals surface area contributed by atoms with Crippen molar-refractivity contribution < 1.29 is 9.53 Å². The first-order valence-electron chi connectivity index (χ1n) is 5.49. The van der Waals surface area contributed by atoms with Crippen LogP contribution in [0.2, 0.25) is 5.15 Å². The molecule has 0 bridgehead atoms. The molecule has 0 spiro atoms. The highest BCUT2D eigenvalue weighted by atomic mass is 35.5. The Morgan fingerprint density at radius 1 is 1.59 bits per heavy atom. The monoisotopic (exact) mass is 257 g/mol. The van der Waals surface area contributed by atoms with Crippen LogP contribution >= 0.6 is 11.6 Å². The Morgan fingerprint density at radius 2 is 2.35 bits per heavy atom. The van der Waals surface area contributed by atoms with Crippen LogP contribution in [0.4, 0.5) is 5.82 Å². The van der Waals surface area contributed by atoms with Gasteiger partial charge in [0.05, 0.1) is 7.11 Å². The first-order valence-corrected chi connectivity index (χ1v) is 5.87. The van der Waals surface area contributed by atoms with E-state index in [4.69, 9.17) is 16.3 Å². The summed E-state index contributed by atoms with van der Waals surface area (Å²) in [5, 5.41) is 3.33. The number of anilines is 1. The number of nitrogens with one attached hydrogen (secondary N) is 1. The van der Waals surface area contributed by atoms with Crippen LogP contribution in [0.25, 0.3) is 0 Å². The average Bonchev–Trinajstić information content (AvgIpc) is 2.33. The Morgan fingerprint density at radius 3 is 2.94 bits per heavy atom. The SMILES string of the molecule is CCCC[C@H](Nc1cc(Cl)ncn1)C(=O)OC. The zero-order chi connectivity index (χ0) is 12.7. The molecule has 1 aromatic rings. The predicted octanol–water partition coefficient (Wildman–Crippen LogP) is 2.27. The highest BCUT2D eigenvalue weighted by molar-refractivity contribution is 6.29. The summed E-state index contributed by atoms with van der Waals surface area (Å²) < 4.78 is 4.73. The normalized spacial score (nSPS) is 11.9. The van der Waals surface area contributed by atoms with Crippen molar-refractivity contribution in [3.63, 3.8) is 0 Å². The summed E-state index contributed by atoms with van der Waals surface area (Å²) in [6.45, 7) is 2.07. The summed E-state index contributed by atoms with van der Waals surface area (Å²) in [4.78, 5) is 19.3. The van der Waals surface area contributed by atoms with Gasteiger partial charge in [0.15, 0.2) is 0 Å². The molecule has 1 rings (SSSR count). The number of carbonyl (C=O) groups is 1. The van der Waals surface area contributed by atoms with Crippen LogP contribution in [0.5, 0.6) is 0 Å². The molecule has 1 N–H and O–H groups in total. The smallest absolute Gasteiger partial charge is 0.328 e. The van der Waals surface area contributed by atoms with Crippen LogP contribution in [0.3, 0.4) is 0 Å². The topological polar surface area (TPSA) is 64.1 Å². The third-order valence-corrected chi connectivity index (χ3v) is 2.49. The molecule has 17 heavy (non-hydrogen) atoms. The number of ether oxygens (including phenoxy) is 1. The quantitative estimate of drug-likeness (QED) is 0.626. The van der Waals surface area contributed by atoms with Crippen molar-refractivity contribution in [2.24, 2.45) is 0 Å². The van der Waals surface area contributed by atoms with E-state index in [0.29, 0.717) is 17.4 Å². The highest BCUT2D eigenvalue weighted by Gasteiger charge is 2.18. The number of esters is 1. The molecule has 0 unspecified atom stereocenters. The van der Waals surface area contributed by atoms with E-state index < -0.39 is 6.04 Å². The van der Waals surface area contributed by atoms with Gasteiger partial charge in [-0.2, -0.15) is 0 Å². The number of unbranched alkanes of at least 4 members (excludes halogenated alkanes) is 1. The number of aromatic nitrogens is 2. The van der Waals surface area contributed by atoms with Crippen molar-refractivity contribution in [2.75, 3.05) is 12.4 Å². The molecule has 0 aromatic carbocycles. The molecule has 0 saturated carbocycles. The Balaban J connectivity index is 2.68. The third-order valence-electron chi connectivity index (χ3n) is 2.29. The number of carbonyl (C=O) groups excluding carboxylic acids is 1. The van der Waals surface area contributed by atoms with Crippen molar-refractivity contribution >= 4 is 23.4 Å². The minimum atomic E-state index is -0.397. The Labute approximate surface area is 106 Å². The second-order valence-electron chi connectivity index (χ2n) is 3.59. The van der Waals surface area contributed by atoms with Crippen LogP contribution in [-0.4, -0.2) is 29.1 Å². The van der Waals surface area contributed by atoms with Crippen molar-refractivity contribution in [2.45, 2.75) is 32.2 Å². The van der Waals surface area contributed by atoms with E-state index in [1.165, 1.54) is 13.4 Å². The summed E-state index contributed by atoms with van der Waals surface area (Å²) in [7, 11) is 1.37. The first-order chi connectivity index (χ1) is 8.17. The molecule has 0 aliphatic rings. The molecular formula is C11H16ClN3O2. The Kier molecular flexibility index (Phi) is 5.69. The van der Waals surface area contributed by atoms with E-state index in [1.807, 2.05) is 0 Å². The van der Waals surface area contributed by atoms with Gasteiger partial charge < -0.3 is 10.1 Å². The Hall–Kier alpha value is -1.36. The number of halogens is 1. The molecule has 6 heteroatoms. The fraction of sp³-hybridized carbons (Fsp3) is 0.545. The first kappa shape index (κ1) is 13.7. The van der Waals surface area contributed by atoms with Crippen LogP contribution < -0.4 is 5.32 Å². The molecule has 0 saturated heterocycles. The number of hydrogen-bond donors (Lipinski definition) is 1. The summed E-state index contributed by atoms with van der Waals surface area (Å²) >= 11 is 5.74. The van der Waals surface area contributed by atoms with Gasteiger partial charge in [0.1, 0.15) is 23.3 Å². The van der Waals surface area contributed by atoms with Gasteiger partial charge in [-0.15, -0.1) is 0 Å². The van der Waals surface area contributed by atoms with Crippen molar-refractivity contribution in [3.8, 4) is 0 Å². The number of methoxy groups -OCH3 is 1. The molecular weight excluding hydrogens is 242 g/mol. The van der Waals surface area contributed by atoms with Gasteiger partial charge in [0.25, 0.3) is 0 Å². The van der Waals surface area contributed by atoms with Gasteiger partial charge in [0, 0.05) is 6.07 Å². The van der Waals surface area contributed by atoms with E-state index in [-0.39, 0.29) is 5.97 Å². The molecule has 0 radical (unpaired) electrons. The summed E-state index contributed by atoms with van der Waals surface area (Å²) in [6.07, 6.45) is 3.99. The lowest BCUT2D eigenvalue weighted by molar-refractivity contribution is -0.141. The second-order valence-corrected chi connectivity index (χ2v) is 3.98. The molecule has 0 fully saturated rings. The standard InChI is InChI=1S/C11H16ClN3O2/c1-3-4-5-8(11(16)17-2)15-10-6-9(12)13-7-14-10/h6-8H,3-5H2,1-2H3,(H,13,14,15)/t8-/m0/s1. The number of hydrogen-bond acceptors (Lipinski definition) is 5. The zero-order valence-corrected chi connectivity index (χ0v) is 10.7. The van der Waals surface area contributed by atoms with Gasteiger partial charge in [-0.1, -0.05) is 31.4 Å². The molecule has 0 amide bonds. The summed E-state index contributed by atoms with van der Waals surface area (Å²) in [5.74, 6) is 0.227. The maximum atomic E-state index is 11.5. The predicted molar refractivity (Wildman–Crippen MR) is 66.0 cm³/mol.